The number of nitrogens with one attached hydrogen (secondary N) is 1. The number of likely N-dealkylation sites (tertiary alicyclic amines) is 1. The third-order valence-corrected chi connectivity index (χ3v) is 5.35. The first-order valence-electron chi connectivity index (χ1n) is 9.02. The van der Waals surface area contributed by atoms with Crippen LogP contribution in [0.15, 0.2) is 24.3 Å². The monoisotopic (exact) mass is 329 g/mol. The Bertz CT molecular complexity index is 594. The first kappa shape index (κ1) is 17.0. The molecule has 1 atom stereocenters. The highest BCUT2D eigenvalue weighted by Gasteiger charge is 2.24. The average molecular weight is 329 g/mol. The molecule has 2 amide bonds. The lowest BCUT2D eigenvalue weighted by molar-refractivity contribution is -0.124. The lowest BCUT2D eigenvalue weighted by atomic mass is 9.87. The van der Waals surface area contributed by atoms with E-state index in [1.54, 1.807) is 0 Å². The Morgan fingerprint density at radius 3 is 2.67 bits per heavy atom. The van der Waals surface area contributed by atoms with Gasteiger partial charge in [0.1, 0.15) is 0 Å². The van der Waals surface area contributed by atoms with Gasteiger partial charge in [-0.25, -0.2) is 0 Å². The minimum atomic E-state index is -0.191. The van der Waals surface area contributed by atoms with Crippen molar-refractivity contribution in [1.82, 2.24) is 10.2 Å². The van der Waals surface area contributed by atoms with Crippen LogP contribution in [-0.4, -0.2) is 36.3 Å². The van der Waals surface area contributed by atoms with Crippen LogP contribution in [0, 0.1) is 5.92 Å². The lowest BCUT2D eigenvalue weighted by Gasteiger charge is -2.30. The maximum absolute atomic E-state index is 12.3. The Balaban J connectivity index is 1.45. The van der Waals surface area contributed by atoms with Crippen molar-refractivity contribution in [2.24, 2.45) is 11.7 Å². The highest BCUT2D eigenvalue weighted by atomic mass is 16.2. The molecule has 1 aromatic rings. The molecule has 3 rings (SSSR count). The first-order chi connectivity index (χ1) is 11.6. The van der Waals surface area contributed by atoms with Gasteiger partial charge in [-0.15, -0.1) is 0 Å². The molecular weight excluding hydrogens is 302 g/mol. The van der Waals surface area contributed by atoms with E-state index in [1.165, 1.54) is 11.1 Å². The topological polar surface area (TPSA) is 75.4 Å². The number of piperidine rings is 1. The molecular formula is C19H27N3O2. The fourth-order valence-electron chi connectivity index (χ4n) is 3.87. The van der Waals surface area contributed by atoms with E-state index >= 15 is 0 Å². The Kier molecular flexibility index (Phi) is 5.51. The number of carbonyl (C=O) groups excluding carboxylic acids is 2. The van der Waals surface area contributed by atoms with Gasteiger partial charge in [-0.3, -0.25) is 9.59 Å². The largest absolute Gasteiger partial charge is 0.369 e. The minimum absolute atomic E-state index is 0.00816. The number of carbonyl (C=O) groups is 2. The van der Waals surface area contributed by atoms with Crippen LogP contribution in [0.1, 0.15) is 49.3 Å². The van der Waals surface area contributed by atoms with Gasteiger partial charge in [-0.1, -0.05) is 24.3 Å². The number of rotatable bonds is 5. The molecule has 3 N–H and O–H groups in total. The lowest BCUT2D eigenvalue weighted by Crippen LogP contribution is -2.40. The second-order valence-corrected chi connectivity index (χ2v) is 6.98. The normalized spacial score (nSPS) is 21.9. The summed E-state index contributed by atoms with van der Waals surface area (Å²) >= 11 is 0. The zero-order valence-electron chi connectivity index (χ0n) is 14.2. The molecule has 0 radical (unpaired) electrons. The molecule has 24 heavy (non-hydrogen) atoms. The molecule has 1 aliphatic carbocycles. The number of hydrogen-bond donors (Lipinski definition) is 2. The van der Waals surface area contributed by atoms with E-state index in [-0.39, 0.29) is 23.8 Å². The van der Waals surface area contributed by atoms with Crippen LogP contribution in [0.5, 0.6) is 0 Å². The average Bonchev–Trinajstić information content (AvgIpc) is 2.61. The number of amides is 2. The molecule has 5 nitrogen and oxygen atoms in total. The predicted molar refractivity (Wildman–Crippen MR) is 93.2 cm³/mol. The summed E-state index contributed by atoms with van der Waals surface area (Å²) in [6.45, 7) is 2.46. The summed E-state index contributed by atoms with van der Waals surface area (Å²) in [5.74, 6) is -0.0640. The number of benzene rings is 1. The third-order valence-electron chi connectivity index (χ3n) is 5.35. The molecule has 0 unspecified atom stereocenters. The number of aryl methyl sites for hydroxylation is 1. The summed E-state index contributed by atoms with van der Waals surface area (Å²) in [5.41, 5.74) is 8.00. The summed E-state index contributed by atoms with van der Waals surface area (Å²) in [6.07, 6.45) is 5.40. The number of hydrogen-bond acceptors (Lipinski definition) is 3. The summed E-state index contributed by atoms with van der Waals surface area (Å²) in [6, 6.07) is 8.57. The highest BCUT2D eigenvalue weighted by Crippen LogP contribution is 2.29. The Morgan fingerprint density at radius 2 is 1.92 bits per heavy atom. The van der Waals surface area contributed by atoms with Crippen LogP contribution in [0.2, 0.25) is 0 Å². The van der Waals surface area contributed by atoms with Crippen molar-refractivity contribution in [2.45, 2.75) is 44.6 Å². The van der Waals surface area contributed by atoms with E-state index in [4.69, 9.17) is 5.73 Å². The molecule has 130 valence electrons. The van der Waals surface area contributed by atoms with Crippen LogP contribution >= 0.6 is 0 Å². The number of nitrogens with two attached hydrogens (primary N) is 1. The Morgan fingerprint density at radius 1 is 1.17 bits per heavy atom. The summed E-state index contributed by atoms with van der Waals surface area (Å²) in [7, 11) is 0. The summed E-state index contributed by atoms with van der Waals surface area (Å²) in [5, 5.41) is 3.20. The summed E-state index contributed by atoms with van der Waals surface area (Å²) < 4.78 is 0. The molecule has 0 aromatic heterocycles. The van der Waals surface area contributed by atoms with Gasteiger partial charge < -0.3 is 16.0 Å². The van der Waals surface area contributed by atoms with Gasteiger partial charge >= 0.3 is 0 Å². The molecule has 1 aliphatic heterocycles. The molecule has 1 aromatic carbocycles. The van der Waals surface area contributed by atoms with Crippen LogP contribution in [0.25, 0.3) is 0 Å². The maximum atomic E-state index is 12.3. The second kappa shape index (κ2) is 7.79. The molecule has 2 aliphatic rings. The quantitative estimate of drug-likeness (QED) is 0.864. The van der Waals surface area contributed by atoms with Gasteiger partial charge in [-0.05, 0) is 56.3 Å². The van der Waals surface area contributed by atoms with Crippen molar-refractivity contribution in [3.63, 3.8) is 0 Å². The van der Waals surface area contributed by atoms with E-state index in [0.29, 0.717) is 6.42 Å². The van der Waals surface area contributed by atoms with Crippen molar-refractivity contribution in [1.29, 1.82) is 0 Å². The zero-order chi connectivity index (χ0) is 16.9. The Hall–Kier alpha value is -1.88. The van der Waals surface area contributed by atoms with Crippen LogP contribution < -0.4 is 11.1 Å². The van der Waals surface area contributed by atoms with Crippen molar-refractivity contribution in [3.8, 4) is 0 Å². The standard InChI is InChI=1S/C19H27N3O2/c20-19(24)15-8-11-22(12-9-15)13-10-18(23)21-17-7-3-5-14-4-1-2-6-16(14)17/h1-2,4,6,15,17H,3,5,7-13H2,(H2,20,24)(H,21,23)/t17-/m0/s1. The minimum Gasteiger partial charge on any atom is -0.369 e. The molecule has 1 heterocycles. The third kappa shape index (κ3) is 4.15. The SMILES string of the molecule is NC(=O)C1CCN(CCC(=O)N[C@H]2CCCc3ccccc32)CC1. The van der Waals surface area contributed by atoms with E-state index in [2.05, 4.69) is 28.4 Å². The fraction of sp³-hybridized carbons (Fsp3) is 0.579. The van der Waals surface area contributed by atoms with Crippen LogP contribution in [0.3, 0.4) is 0 Å². The zero-order valence-corrected chi connectivity index (χ0v) is 14.2. The molecule has 5 heteroatoms. The van der Waals surface area contributed by atoms with Gasteiger partial charge in [0.25, 0.3) is 0 Å². The van der Waals surface area contributed by atoms with Gasteiger partial charge in [0, 0.05) is 18.9 Å². The summed E-state index contributed by atoms with van der Waals surface area (Å²) in [4.78, 5) is 25.8. The van der Waals surface area contributed by atoms with E-state index in [1.807, 2.05) is 6.07 Å². The second-order valence-electron chi connectivity index (χ2n) is 6.98. The molecule has 0 spiro atoms. The van der Waals surface area contributed by atoms with Crippen molar-refractivity contribution < 1.29 is 9.59 Å². The number of primary amides is 1. The van der Waals surface area contributed by atoms with Crippen LogP contribution in [0.4, 0.5) is 0 Å². The van der Waals surface area contributed by atoms with Gasteiger partial charge in [0.2, 0.25) is 11.8 Å². The van der Waals surface area contributed by atoms with E-state index in [9.17, 15) is 9.59 Å². The Labute approximate surface area is 143 Å². The number of fused-ring (bicyclic) bond motifs is 1. The molecule has 0 bridgehead atoms. The number of nitrogens with zero attached hydrogens (tertiary/aromatic N) is 1. The highest BCUT2D eigenvalue weighted by molar-refractivity contribution is 5.77. The smallest absolute Gasteiger partial charge is 0.221 e. The van der Waals surface area contributed by atoms with Gasteiger partial charge in [0.15, 0.2) is 0 Å². The van der Waals surface area contributed by atoms with Crippen molar-refractivity contribution >= 4 is 11.8 Å². The molecule has 0 saturated carbocycles. The van der Waals surface area contributed by atoms with Crippen molar-refractivity contribution in [3.05, 3.63) is 35.4 Å². The maximum Gasteiger partial charge on any atom is 0.221 e. The van der Waals surface area contributed by atoms with Gasteiger partial charge in [-0.2, -0.15) is 0 Å². The van der Waals surface area contributed by atoms with Crippen molar-refractivity contribution in [2.75, 3.05) is 19.6 Å². The van der Waals surface area contributed by atoms with E-state index in [0.717, 1.165) is 51.7 Å². The molecule has 1 saturated heterocycles. The van der Waals surface area contributed by atoms with Crippen LogP contribution in [-0.2, 0) is 16.0 Å². The predicted octanol–water partition coefficient (Wildman–Crippen LogP) is 1.77. The fourth-order valence-corrected chi connectivity index (χ4v) is 3.87. The first-order valence-corrected chi connectivity index (χ1v) is 9.02. The van der Waals surface area contributed by atoms with E-state index < -0.39 is 0 Å². The molecule has 1 fully saturated rings. The van der Waals surface area contributed by atoms with Gasteiger partial charge in [0.05, 0.1) is 6.04 Å².